The van der Waals surface area contributed by atoms with Crippen LogP contribution in [0, 0.1) is 0 Å². The van der Waals surface area contributed by atoms with Crippen molar-refractivity contribution < 1.29 is 9.32 Å². The average molecular weight is 209 g/mol. The summed E-state index contributed by atoms with van der Waals surface area (Å²) in [5, 5.41) is 6.80. The van der Waals surface area contributed by atoms with Crippen molar-refractivity contribution in [2.45, 2.75) is 19.4 Å². The summed E-state index contributed by atoms with van der Waals surface area (Å²) in [6.07, 6.45) is 3.79. The van der Waals surface area contributed by atoms with E-state index in [-0.39, 0.29) is 5.91 Å². The SMILES string of the molecule is O=C(CNCc1ccon1)N1CCCC1. The minimum Gasteiger partial charge on any atom is -0.364 e. The number of aromatic nitrogens is 1. The van der Waals surface area contributed by atoms with Gasteiger partial charge in [0.1, 0.15) is 6.26 Å². The smallest absolute Gasteiger partial charge is 0.236 e. The maximum absolute atomic E-state index is 11.6. The number of carbonyl (C=O) groups excluding carboxylic acids is 1. The van der Waals surface area contributed by atoms with Crippen molar-refractivity contribution in [3.8, 4) is 0 Å². The van der Waals surface area contributed by atoms with E-state index in [1.54, 1.807) is 6.07 Å². The molecule has 0 atom stereocenters. The number of carbonyl (C=O) groups is 1. The zero-order valence-corrected chi connectivity index (χ0v) is 8.61. The van der Waals surface area contributed by atoms with Gasteiger partial charge in [-0.3, -0.25) is 4.79 Å². The lowest BCUT2D eigenvalue weighted by Gasteiger charge is -2.14. The van der Waals surface area contributed by atoms with Gasteiger partial charge in [-0.2, -0.15) is 0 Å². The maximum atomic E-state index is 11.6. The number of nitrogens with one attached hydrogen (secondary N) is 1. The summed E-state index contributed by atoms with van der Waals surface area (Å²) in [7, 11) is 0. The van der Waals surface area contributed by atoms with E-state index in [1.165, 1.54) is 6.26 Å². The molecule has 1 saturated heterocycles. The standard InChI is InChI=1S/C10H15N3O2/c14-10(13-4-1-2-5-13)8-11-7-9-3-6-15-12-9/h3,6,11H,1-2,4-5,7-8H2. The normalized spacial score (nSPS) is 15.9. The predicted molar refractivity (Wildman–Crippen MR) is 54.0 cm³/mol. The Balaban J connectivity index is 1.67. The number of amides is 1. The van der Waals surface area contributed by atoms with Crippen LogP contribution in [-0.2, 0) is 11.3 Å². The Morgan fingerprint density at radius 1 is 1.53 bits per heavy atom. The summed E-state index contributed by atoms with van der Waals surface area (Å²) >= 11 is 0. The van der Waals surface area contributed by atoms with Gasteiger partial charge in [-0.05, 0) is 12.8 Å². The highest BCUT2D eigenvalue weighted by Gasteiger charge is 2.16. The molecular formula is C10H15N3O2. The van der Waals surface area contributed by atoms with Gasteiger partial charge in [-0.15, -0.1) is 0 Å². The van der Waals surface area contributed by atoms with Crippen LogP contribution < -0.4 is 5.32 Å². The highest BCUT2D eigenvalue weighted by atomic mass is 16.5. The van der Waals surface area contributed by atoms with Crippen molar-refractivity contribution >= 4 is 5.91 Å². The topological polar surface area (TPSA) is 58.4 Å². The molecule has 0 unspecified atom stereocenters. The second-order valence-electron chi connectivity index (χ2n) is 3.68. The van der Waals surface area contributed by atoms with Crippen LogP contribution in [0.5, 0.6) is 0 Å². The fourth-order valence-corrected chi connectivity index (χ4v) is 1.70. The molecule has 1 aliphatic heterocycles. The fourth-order valence-electron chi connectivity index (χ4n) is 1.70. The summed E-state index contributed by atoms with van der Waals surface area (Å²) in [6, 6.07) is 1.79. The van der Waals surface area contributed by atoms with Gasteiger partial charge < -0.3 is 14.7 Å². The van der Waals surface area contributed by atoms with Crippen LogP contribution in [0.15, 0.2) is 16.9 Å². The van der Waals surface area contributed by atoms with Crippen LogP contribution in [0.1, 0.15) is 18.5 Å². The third kappa shape index (κ3) is 2.79. The summed E-state index contributed by atoms with van der Waals surface area (Å²) < 4.78 is 4.69. The van der Waals surface area contributed by atoms with Crippen molar-refractivity contribution in [3.05, 3.63) is 18.0 Å². The molecular weight excluding hydrogens is 194 g/mol. The lowest BCUT2D eigenvalue weighted by atomic mass is 10.4. The first-order valence-electron chi connectivity index (χ1n) is 5.24. The Morgan fingerprint density at radius 2 is 2.33 bits per heavy atom. The first-order chi connectivity index (χ1) is 7.36. The van der Waals surface area contributed by atoms with Crippen LogP contribution >= 0.6 is 0 Å². The van der Waals surface area contributed by atoms with Gasteiger partial charge in [0.2, 0.25) is 5.91 Å². The molecule has 1 amide bonds. The third-order valence-electron chi connectivity index (χ3n) is 2.53. The van der Waals surface area contributed by atoms with Gasteiger partial charge >= 0.3 is 0 Å². The van der Waals surface area contributed by atoms with Crippen molar-refractivity contribution in [2.24, 2.45) is 0 Å². The van der Waals surface area contributed by atoms with E-state index >= 15 is 0 Å². The molecule has 0 aliphatic carbocycles. The first-order valence-corrected chi connectivity index (χ1v) is 5.24. The molecule has 1 aliphatic rings. The van der Waals surface area contributed by atoms with Crippen LogP contribution in [0.4, 0.5) is 0 Å². The van der Waals surface area contributed by atoms with Crippen LogP contribution in [0.2, 0.25) is 0 Å². The van der Waals surface area contributed by atoms with Crippen molar-refractivity contribution in [1.82, 2.24) is 15.4 Å². The average Bonchev–Trinajstić information content (AvgIpc) is 2.90. The van der Waals surface area contributed by atoms with Crippen LogP contribution in [-0.4, -0.2) is 35.6 Å². The summed E-state index contributed by atoms with van der Waals surface area (Å²) in [5.41, 5.74) is 0.823. The predicted octanol–water partition coefficient (Wildman–Crippen LogP) is 0.387. The summed E-state index contributed by atoms with van der Waals surface area (Å²) in [4.78, 5) is 13.5. The number of rotatable bonds is 4. The molecule has 15 heavy (non-hydrogen) atoms. The lowest BCUT2D eigenvalue weighted by molar-refractivity contribution is -0.129. The second kappa shape index (κ2) is 4.93. The highest BCUT2D eigenvalue weighted by Crippen LogP contribution is 2.06. The molecule has 5 nitrogen and oxygen atoms in total. The Kier molecular flexibility index (Phi) is 3.34. The third-order valence-corrected chi connectivity index (χ3v) is 2.53. The van der Waals surface area contributed by atoms with E-state index in [9.17, 15) is 4.79 Å². The number of nitrogens with zero attached hydrogens (tertiary/aromatic N) is 2. The molecule has 1 aromatic rings. The molecule has 2 rings (SSSR count). The van der Waals surface area contributed by atoms with Crippen LogP contribution in [0.3, 0.4) is 0 Å². The Bertz CT molecular complexity index is 304. The van der Waals surface area contributed by atoms with Gasteiger partial charge in [-0.1, -0.05) is 5.16 Å². The largest absolute Gasteiger partial charge is 0.364 e. The van der Waals surface area contributed by atoms with E-state index in [2.05, 4.69) is 15.0 Å². The van der Waals surface area contributed by atoms with Crippen molar-refractivity contribution in [1.29, 1.82) is 0 Å². The molecule has 82 valence electrons. The quantitative estimate of drug-likeness (QED) is 0.779. The van der Waals surface area contributed by atoms with E-state index in [0.717, 1.165) is 31.6 Å². The Morgan fingerprint density at radius 3 is 3.00 bits per heavy atom. The van der Waals surface area contributed by atoms with Crippen molar-refractivity contribution in [3.63, 3.8) is 0 Å². The minimum atomic E-state index is 0.177. The van der Waals surface area contributed by atoms with Crippen molar-refractivity contribution in [2.75, 3.05) is 19.6 Å². The molecule has 1 N–H and O–H groups in total. The molecule has 0 spiro atoms. The molecule has 0 bridgehead atoms. The molecule has 0 radical (unpaired) electrons. The number of hydrogen-bond acceptors (Lipinski definition) is 4. The zero-order chi connectivity index (χ0) is 10.5. The van der Waals surface area contributed by atoms with Gasteiger partial charge in [-0.25, -0.2) is 0 Å². The van der Waals surface area contributed by atoms with E-state index < -0.39 is 0 Å². The number of hydrogen-bond donors (Lipinski definition) is 1. The molecule has 1 fully saturated rings. The second-order valence-corrected chi connectivity index (χ2v) is 3.68. The van der Waals surface area contributed by atoms with Gasteiger partial charge in [0.25, 0.3) is 0 Å². The molecule has 0 saturated carbocycles. The molecule has 1 aromatic heterocycles. The first kappa shape index (κ1) is 10.2. The molecule has 5 heteroatoms. The Labute approximate surface area is 88.4 Å². The van der Waals surface area contributed by atoms with Gasteiger partial charge in [0, 0.05) is 25.7 Å². The van der Waals surface area contributed by atoms with E-state index in [0.29, 0.717) is 13.1 Å². The maximum Gasteiger partial charge on any atom is 0.236 e. The van der Waals surface area contributed by atoms with Gasteiger partial charge in [0.15, 0.2) is 0 Å². The molecule has 2 heterocycles. The lowest BCUT2D eigenvalue weighted by Crippen LogP contribution is -2.36. The number of likely N-dealkylation sites (tertiary alicyclic amines) is 1. The Hall–Kier alpha value is -1.36. The minimum absolute atomic E-state index is 0.177. The molecule has 0 aromatic carbocycles. The highest BCUT2D eigenvalue weighted by molar-refractivity contribution is 5.78. The summed E-state index contributed by atoms with van der Waals surface area (Å²) in [5.74, 6) is 0.177. The van der Waals surface area contributed by atoms with Gasteiger partial charge in [0.05, 0.1) is 12.2 Å². The zero-order valence-electron chi connectivity index (χ0n) is 8.61. The van der Waals surface area contributed by atoms with E-state index in [4.69, 9.17) is 0 Å². The van der Waals surface area contributed by atoms with Crippen LogP contribution in [0.25, 0.3) is 0 Å². The summed E-state index contributed by atoms with van der Waals surface area (Å²) in [6.45, 7) is 2.78. The van der Waals surface area contributed by atoms with E-state index in [1.807, 2.05) is 4.90 Å². The fraction of sp³-hybridized carbons (Fsp3) is 0.600. The monoisotopic (exact) mass is 209 g/mol.